The molecule has 0 unspecified atom stereocenters. The van der Waals surface area contributed by atoms with Gasteiger partial charge in [0.1, 0.15) is 5.82 Å². The Labute approximate surface area is 112 Å². The first-order valence-electron chi connectivity index (χ1n) is 6.52. The van der Waals surface area contributed by atoms with Gasteiger partial charge in [-0.3, -0.25) is 4.79 Å². The van der Waals surface area contributed by atoms with E-state index in [0.29, 0.717) is 13.2 Å². The molecule has 1 aliphatic rings. The number of ether oxygens (including phenoxy) is 1. The molecule has 0 spiro atoms. The zero-order valence-corrected chi connectivity index (χ0v) is 11.0. The van der Waals surface area contributed by atoms with Crippen LogP contribution < -0.4 is 10.6 Å². The van der Waals surface area contributed by atoms with Crippen LogP contribution in [0.3, 0.4) is 0 Å². The number of hydrogen-bond donors (Lipinski definition) is 2. The molecular weight excluding hydrogens is 247 g/mol. The van der Waals surface area contributed by atoms with Crippen molar-refractivity contribution in [3.63, 3.8) is 0 Å². The first-order valence-corrected chi connectivity index (χ1v) is 6.52. The molecule has 104 valence electrons. The number of anilines is 1. The predicted molar refractivity (Wildman–Crippen MR) is 71.6 cm³/mol. The van der Waals surface area contributed by atoms with E-state index in [0.717, 1.165) is 24.1 Å². The Balaban J connectivity index is 1.79. The Bertz CT molecular complexity index is 445. The van der Waals surface area contributed by atoms with Gasteiger partial charge in [-0.1, -0.05) is 0 Å². The van der Waals surface area contributed by atoms with E-state index < -0.39 is 0 Å². The second-order valence-corrected chi connectivity index (χ2v) is 4.77. The van der Waals surface area contributed by atoms with Crippen molar-refractivity contribution in [1.82, 2.24) is 5.32 Å². The van der Waals surface area contributed by atoms with Crippen molar-refractivity contribution in [2.24, 2.45) is 0 Å². The van der Waals surface area contributed by atoms with E-state index in [1.807, 2.05) is 6.92 Å². The van der Waals surface area contributed by atoms with Gasteiger partial charge in [-0.05, 0) is 43.5 Å². The van der Waals surface area contributed by atoms with E-state index in [1.54, 1.807) is 6.07 Å². The molecule has 1 aromatic carbocycles. The number of nitrogens with one attached hydrogen (secondary N) is 2. The molecule has 1 heterocycles. The monoisotopic (exact) mass is 266 g/mol. The van der Waals surface area contributed by atoms with Crippen LogP contribution in [0.4, 0.5) is 10.1 Å². The molecule has 0 radical (unpaired) electrons. The molecule has 1 aliphatic heterocycles. The molecule has 2 N–H and O–H groups in total. The molecule has 4 nitrogen and oxygen atoms in total. The van der Waals surface area contributed by atoms with Crippen molar-refractivity contribution in [3.05, 3.63) is 29.6 Å². The topological polar surface area (TPSA) is 50.4 Å². The minimum Gasteiger partial charge on any atom is -0.381 e. The molecule has 1 amide bonds. The maximum atomic E-state index is 12.9. The summed E-state index contributed by atoms with van der Waals surface area (Å²) >= 11 is 0. The first-order chi connectivity index (χ1) is 9.15. The smallest absolute Gasteiger partial charge is 0.239 e. The fraction of sp³-hybridized carbons (Fsp3) is 0.500. The summed E-state index contributed by atoms with van der Waals surface area (Å²) in [6, 6.07) is 4.67. The molecule has 1 aromatic rings. The number of amides is 1. The minimum atomic E-state index is -0.269. The Kier molecular flexibility index (Phi) is 4.74. The second-order valence-electron chi connectivity index (χ2n) is 4.77. The van der Waals surface area contributed by atoms with Crippen LogP contribution >= 0.6 is 0 Å². The highest BCUT2D eigenvalue weighted by molar-refractivity contribution is 5.81. The molecule has 5 heteroatoms. The van der Waals surface area contributed by atoms with Crippen LogP contribution in [-0.4, -0.2) is 31.7 Å². The highest BCUT2D eigenvalue weighted by Crippen LogP contribution is 2.15. The predicted octanol–water partition coefficient (Wildman–Crippen LogP) is 1.84. The zero-order chi connectivity index (χ0) is 13.7. The number of carbonyl (C=O) groups is 1. The number of hydrogen-bond acceptors (Lipinski definition) is 3. The summed E-state index contributed by atoms with van der Waals surface area (Å²) in [4.78, 5) is 11.8. The lowest BCUT2D eigenvalue weighted by atomic mass is 10.1. The van der Waals surface area contributed by atoms with Crippen molar-refractivity contribution in [1.29, 1.82) is 0 Å². The maximum Gasteiger partial charge on any atom is 0.239 e. The van der Waals surface area contributed by atoms with Crippen molar-refractivity contribution < 1.29 is 13.9 Å². The van der Waals surface area contributed by atoms with E-state index in [-0.39, 0.29) is 24.3 Å². The highest BCUT2D eigenvalue weighted by atomic mass is 19.1. The third-order valence-corrected chi connectivity index (χ3v) is 3.21. The Morgan fingerprint density at radius 2 is 2.16 bits per heavy atom. The van der Waals surface area contributed by atoms with Gasteiger partial charge in [0, 0.05) is 24.9 Å². The average Bonchev–Trinajstić information content (AvgIpc) is 2.39. The van der Waals surface area contributed by atoms with Gasteiger partial charge in [-0.25, -0.2) is 4.39 Å². The van der Waals surface area contributed by atoms with Gasteiger partial charge < -0.3 is 15.4 Å². The maximum absolute atomic E-state index is 12.9. The van der Waals surface area contributed by atoms with Crippen LogP contribution in [0.15, 0.2) is 18.2 Å². The van der Waals surface area contributed by atoms with E-state index in [1.165, 1.54) is 12.1 Å². The van der Waals surface area contributed by atoms with Crippen LogP contribution in [-0.2, 0) is 9.53 Å². The number of aryl methyl sites for hydroxylation is 1. The van der Waals surface area contributed by atoms with Gasteiger partial charge in [-0.15, -0.1) is 0 Å². The lowest BCUT2D eigenvalue weighted by molar-refractivity contribution is -0.120. The fourth-order valence-electron chi connectivity index (χ4n) is 2.12. The summed E-state index contributed by atoms with van der Waals surface area (Å²) < 4.78 is 18.2. The number of carbonyl (C=O) groups excluding carboxylic acids is 1. The lowest BCUT2D eigenvalue weighted by Crippen LogP contribution is -2.41. The summed E-state index contributed by atoms with van der Waals surface area (Å²) in [5.74, 6) is -0.315. The molecule has 0 atom stereocenters. The quantitative estimate of drug-likeness (QED) is 0.874. The van der Waals surface area contributed by atoms with Gasteiger partial charge in [0.05, 0.1) is 6.54 Å². The SMILES string of the molecule is Cc1cc(F)ccc1NCC(=O)NC1CCOCC1. The largest absolute Gasteiger partial charge is 0.381 e. The molecule has 0 aliphatic carbocycles. The highest BCUT2D eigenvalue weighted by Gasteiger charge is 2.15. The van der Waals surface area contributed by atoms with Gasteiger partial charge in [0.25, 0.3) is 0 Å². The van der Waals surface area contributed by atoms with Crippen molar-refractivity contribution in [2.45, 2.75) is 25.8 Å². The van der Waals surface area contributed by atoms with E-state index in [9.17, 15) is 9.18 Å². The Hall–Kier alpha value is -1.62. The molecular formula is C14H19FN2O2. The molecule has 0 aromatic heterocycles. The molecule has 1 fully saturated rings. The lowest BCUT2D eigenvalue weighted by Gasteiger charge is -2.23. The van der Waals surface area contributed by atoms with Crippen molar-refractivity contribution in [3.8, 4) is 0 Å². The van der Waals surface area contributed by atoms with Gasteiger partial charge in [0.15, 0.2) is 0 Å². The molecule has 19 heavy (non-hydrogen) atoms. The summed E-state index contributed by atoms with van der Waals surface area (Å²) in [7, 11) is 0. The summed E-state index contributed by atoms with van der Waals surface area (Å²) in [6.45, 7) is 3.41. The first kappa shape index (κ1) is 13.8. The number of rotatable bonds is 4. The second kappa shape index (κ2) is 6.52. The van der Waals surface area contributed by atoms with E-state index in [2.05, 4.69) is 10.6 Å². The van der Waals surface area contributed by atoms with Gasteiger partial charge >= 0.3 is 0 Å². The van der Waals surface area contributed by atoms with E-state index >= 15 is 0 Å². The Morgan fingerprint density at radius 3 is 2.84 bits per heavy atom. The standard InChI is InChI=1S/C14H19FN2O2/c1-10-8-11(15)2-3-13(10)16-9-14(18)17-12-4-6-19-7-5-12/h2-3,8,12,16H,4-7,9H2,1H3,(H,17,18). The zero-order valence-electron chi connectivity index (χ0n) is 11.0. The van der Waals surface area contributed by atoms with Crippen LogP contribution in [0.2, 0.25) is 0 Å². The Morgan fingerprint density at radius 1 is 1.42 bits per heavy atom. The van der Waals surface area contributed by atoms with Crippen molar-refractivity contribution in [2.75, 3.05) is 25.1 Å². The molecule has 1 saturated heterocycles. The average molecular weight is 266 g/mol. The summed E-state index contributed by atoms with van der Waals surface area (Å²) in [6.07, 6.45) is 1.72. The van der Waals surface area contributed by atoms with Crippen LogP contribution in [0, 0.1) is 12.7 Å². The number of halogens is 1. The molecule has 0 saturated carbocycles. The molecule has 0 bridgehead atoms. The molecule has 2 rings (SSSR count). The third-order valence-electron chi connectivity index (χ3n) is 3.21. The third kappa shape index (κ3) is 4.21. The number of benzene rings is 1. The van der Waals surface area contributed by atoms with Gasteiger partial charge in [0.2, 0.25) is 5.91 Å². The van der Waals surface area contributed by atoms with Crippen LogP contribution in [0.1, 0.15) is 18.4 Å². The van der Waals surface area contributed by atoms with Gasteiger partial charge in [-0.2, -0.15) is 0 Å². The van der Waals surface area contributed by atoms with Crippen LogP contribution in [0.5, 0.6) is 0 Å². The fourth-order valence-corrected chi connectivity index (χ4v) is 2.12. The van der Waals surface area contributed by atoms with E-state index in [4.69, 9.17) is 4.74 Å². The van der Waals surface area contributed by atoms with Crippen LogP contribution in [0.25, 0.3) is 0 Å². The minimum absolute atomic E-state index is 0.0457. The summed E-state index contributed by atoms with van der Waals surface area (Å²) in [5.41, 5.74) is 1.57. The van der Waals surface area contributed by atoms with Crippen molar-refractivity contribution >= 4 is 11.6 Å². The summed E-state index contributed by atoms with van der Waals surface area (Å²) in [5, 5.41) is 5.98. The normalized spacial score (nSPS) is 16.1.